The molecule has 0 aliphatic carbocycles. The van der Waals surface area contributed by atoms with Gasteiger partial charge in [0.25, 0.3) is 0 Å². The molecule has 3 N–H and O–H groups in total. The van der Waals surface area contributed by atoms with Crippen LogP contribution in [0.1, 0.15) is 18.5 Å². The van der Waals surface area contributed by atoms with Gasteiger partial charge in [0, 0.05) is 18.6 Å². The molecular weight excluding hydrogens is 284 g/mol. The van der Waals surface area contributed by atoms with E-state index >= 15 is 0 Å². The monoisotopic (exact) mass is 298 g/mol. The number of nitrogens with one attached hydrogen (secondary N) is 1. The molecule has 2 aromatic heterocycles. The quantitative estimate of drug-likeness (QED) is 0.891. The van der Waals surface area contributed by atoms with Crippen molar-refractivity contribution in [3.8, 4) is 0 Å². The number of nitrogens with zero attached hydrogens (tertiary/aromatic N) is 2. The zero-order valence-corrected chi connectivity index (χ0v) is 12.1. The molecular formula is C11H14N4O2S2. The molecule has 0 saturated carbocycles. The molecule has 1 unspecified atom stereocenters. The standard InChI is InChI=1S/C11H14N4O2S2/c1-7(8-4-3-5-13-6-8)14-11-9(19(2,16)17)10(12)15-18-11/h3-7,14H,1-2H3,(H2,12,15). The largest absolute Gasteiger partial charge is 0.382 e. The van der Waals surface area contributed by atoms with Gasteiger partial charge in [-0.25, -0.2) is 8.42 Å². The van der Waals surface area contributed by atoms with Gasteiger partial charge >= 0.3 is 0 Å². The second-order valence-corrected chi connectivity index (χ2v) is 6.88. The lowest BCUT2D eigenvalue weighted by molar-refractivity contribution is 0.602. The van der Waals surface area contributed by atoms with Crippen LogP contribution in [0.15, 0.2) is 29.4 Å². The minimum Gasteiger partial charge on any atom is -0.382 e. The molecule has 19 heavy (non-hydrogen) atoms. The number of sulfone groups is 1. The van der Waals surface area contributed by atoms with Gasteiger partial charge in [-0.2, -0.15) is 4.37 Å². The summed E-state index contributed by atoms with van der Waals surface area (Å²) in [6.45, 7) is 1.92. The van der Waals surface area contributed by atoms with E-state index < -0.39 is 9.84 Å². The molecule has 0 aromatic carbocycles. The van der Waals surface area contributed by atoms with Crippen LogP contribution in [0.3, 0.4) is 0 Å². The first-order valence-corrected chi connectivity index (χ1v) is 8.17. The van der Waals surface area contributed by atoms with Crippen molar-refractivity contribution in [3.05, 3.63) is 30.1 Å². The third-order valence-corrected chi connectivity index (χ3v) is 4.65. The zero-order chi connectivity index (χ0) is 14.0. The average Bonchev–Trinajstić information content (AvgIpc) is 2.71. The van der Waals surface area contributed by atoms with E-state index in [1.54, 1.807) is 12.4 Å². The summed E-state index contributed by atoms with van der Waals surface area (Å²) in [5.41, 5.74) is 6.56. The number of rotatable bonds is 4. The Labute approximate surface area is 115 Å². The van der Waals surface area contributed by atoms with Gasteiger partial charge in [-0.15, -0.1) is 0 Å². The molecule has 0 bridgehead atoms. The second kappa shape index (κ2) is 5.14. The van der Waals surface area contributed by atoms with E-state index in [2.05, 4.69) is 14.7 Å². The first kappa shape index (κ1) is 13.8. The minimum atomic E-state index is -3.40. The maximum absolute atomic E-state index is 11.7. The van der Waals surface area contributed by atoms with Crippen LogP contribution in [-0.2, 0) is 9.84 Å². The summed E-state index contributed by atoms with van der Waals surface area (Å²) in [4.78, 5) is 4.09. The number of hydrogen-bond donors (Lipinski definition) is 2. The Hall–Kier alpha value is -1.67. The Kier molecular flexibility index (Phi) is 3.72. The molecule has 0 saturated heterocycles. The lowest BCUT2D eigenvalue weighted by atomic mass is 10.1. The van der Waals surface area contributed by atoms with Gasteiger partial charge in [0.1, 0.15) is 9.90 Å². The molecule has 0 aliphatic heterocycles. The van der Waals surface area contributed by atoms with Crippen molar-refractivity contribution in [1.82, 2.24) is 9.36 Å². The first-order chi connectivity index (χ1) is 8.89. The summed E-state index contributed by atoms with van der Waals surface area (Å²) in [7, 11) is -3.40. The summed E-state index contributed by atoms with van der Waals surface area (Å²) in [6.07, 6.45) is 4.53. The fraction of sp³-hybridized carbons (Fsp3) is 0.273. The predicted octanol–water partition coefficient (Wildman–Crippen LogP) is 1.70. The molecule has 1 atom stereocenters. The molecule has 102 valence electrons. The Bertz CT molecular complexity index is 667. The number of nitrogens with two attached hydrogens (primary N) is 1. The van der Waals surface area contributed by atoms with E-state index in [9.17, 15) is 8.42 Å². The Morgan fingerprint density at radius 3 is 2.79 bits per heavy atom. The highest BCUT2D eigenvalue weighted by Gasteiger charge is 2.22. The van der Waals surface area contributed by atoms with Crippen LogP contribution in [0.25, 0.3) is 0 Å². The smallest absolute Gasteiger partial charge is 0.182 e. The van der Waals surface area contributed by atoms with Crippen LogP contribution in [0.5, 0.6) is 0 Å². The summed E-state index contributed by atoms with van der Waals surface area (Å²) >= 11 is 1.04. The van der Waals surface area contributed by atoms with E-state index in [4.69, 9.17) is 5.73 Å². The molecule has 0 fully saturated rings. The molecule has 0 aliphatic rings. The lowest BCUT2D eigenvalue weighted by Gasteiger charge is -2.14. The topological polar surface area (TPSA) is 98.0 Å². The highest BCUT2D eigenvalue weighted by atomic mass is 32.2. The van der Waals surface area contributed by atoms with Crippen molar-refractivity contribution < 1.29 is 8.42 Å². The van der Waals surface area contributed by atoms with Gasteiger partial charge < -0.3 is 11.1 Å². The summed E-state index contributed by atoms with van der Waals surface area (Å²) in [6, 6.07) is 3.65. The molecule has 2 rings (SSSR count). The van der Waals surface area contributed by atoms with Crippen molar-refractivity contribution in [2.45, 2.75) is 17.9 Å². The Balaban J connectivity index is 2.31. The van der Waals surface area contributed by atoms with Gasteiger partial charge in [0.2, 0.25) is 0 Å². The molecule has 8 heteroatoms. The predicted molar refractivity (Wildman–Crippen MR) is 75.9 cm³/mol. The number of anilines is 2. The number of pyridine rings is 1. The van der Waals surface area contributed by atoms with Gasteiger partial charge in [0.15, 0.2) is 15.7 Å². The van der Waals surface area contributed by atoms with Crippen molar-refractivity contribution in [3.63, 3.8) is 0 Å². The van der Waals surface area contributed by atoms with Crippen LogP contribution < -0.4 is 11.1 Å². The Morgan fingerprint density at radius 1 is 1.47 bits per heavy atom. The highest BCUT2D eigenvalue weighted by molar-refractivity contribution is 7.91. The molecule has 0 spiro atoms. The number of aromatic nitrogens is 2. The van der Waals surface area contributed by atoms with Gasteiger partial charge in [0.05, 0.1) is 6.04 Å². The maximum atomic E-state index is 11.7. The van der Waals surface area contributed by atoms with Crippen molar-refractivity contribution in [1.29, 1.82) is 0 Å². The molecule has 2 aromatic rings. The number of hydrogen-bond acceptors (Lipinski definition) is 7. The van der Waals surface area contributed by atoms with E-state index in [0.717, 1.165) is 23.4 Å². The summed E-state index contributed by atoms with van der Waals surface area (Å²) in [5, 5.41) is 3.57. The second-order valence-electron chi connectivity index (χ2n) is 4.15. The third kappa shape index (κ3) is 3.02. The van der Waals surface area contributed by atoms with E-state index in [-0.39, 0.29) is 16.8 Å². The Morgan fingerprint density at radius 2 is 2.21 bits per heavy atom. The van der Waals surface area contributed by atoms with Crippen LogP contribution in [0, 0.1) is 0 Å². The third-order valence-electron chi connectivity index (χ3n) is 2.58. The van der Waals surface area contributed by atoms with Gasteiger partial charge in [-0.3, -0.25) is 4.98 Å². The minimum absolute atomic E-state index is 0.0355. The van der Waals surface area contributed by atoms with Gasteiger partial charge in [-0.1, -0.05) is 6.07 Å². The van der Waals surface area contributed by atoms with Crippen LogP contribution in [0.4, 0.5) is 10.8 Å². The molecule has 0 amide bonds. The first-order valence-electron chi connectivity index (χ1n) is 5.51. The van der Waals surface area contributed by atoms with E-state index in [1.807, 2.05) is 19.1 Å². The van der Waals surface area contributed by atoms with Crippen molar-refractivity contribution in [2.75, 3.05) is 17.3 Å². The lowest BCUT2D eigenvalue weighted by Crippen LogP contribution is -2.09. The average molecular weight is 298 g/mol. The van der Waals surface area contributed by atoms with Crippen LogP contribution in [-0.4, -0.2) is 24.0 Å². The molecule has 6 nitrogen and oxygen atoms in total. The van der Waals surface area contributed by atoms with Gasteiger partial charge in [-0.05, 0) is 30.1 Å². The zero-order valence-electron chi connectivity index (χ0n) is 10.5. The van der Waals surface area contributed by atoms with E-state index in [0.29, 0.717) is 5.00 Å². The maximum Gasteiger partial charge on any atom is 0.182 e. The molecule has 0 radical (unpaired) electrons. The highest BCUT2D eigenvalue weighted by Crippen LogP contribution is 2.33. The molecule has 2 heterocycles. The van der Waals surface area contributed by atoms with E-state index in [1.165, 1.54) is 0 Å². The summed E-state index contributed by atoms with van der Waals surface area (Å²) in [5.74, 6) is 0.0355. The fourth-order valence-corrected chi connectivity index (χ4v) is 3.80. The fourth-order valence-electron chi connectivity index (χ4n) is 1.66. The number of nitrogen functional groups attached to an aromatic ring is 1. The normalized spacial score (nSPS) is 13.2. The van der Waals surface area contributed by atoms with Crippen LogP contribution in [0.2, 0.25) is 0 Å². The summed E-state index contributed by atoms with van der Waals surface area (Å²) < 4.78 is 27.3. The van der Waals surface area contributed by atoms with Crippen molar-refractivity contribution >= 4 is 32.2 Å². The SMILES string of the molecule is CC(Nc1snc(N)c1S(C)(=O)=O)c1cccnc1. The van der Waals surface area contributed by atoms with Crippen LogP contribution >= 0.6 is 11.5 Å². The van der Waals surface area contributed by atoms with Crippen molar-refractivity contribution in [2.24, 2.45) is 0 Å².